The zero-order valence-corrected chi connectivity index (χ0v) is 7.60. The molecule has 0 radical (unpaired) electrons. The molecule has 1 rings (SSSR count). The van der Waals surface area contributed by atoms with Gasteiger partial charge in [0, 0.05) is 0 Å². The van der Waals surface area contributed by atoms with Crippen LogP contribution in [0, 0.1) is 0 Å². The van der Waals surface area contributed by atoms with Gasteiger partial charge in [-0.05, 0) is 17.7 Å². The van der Waals surface area contributed by atoms with Gasteiger partial charge in [0.15, 0.2) is 0 Å². The van der Waals surface area contributed by atoms with Gasteiger partial charge < -0.3 is 9.84 Å². The Morgan fingerprint density at radius 3 is 3.07 bits per heavy atom. The SMILES string of the molecule is COC(=O)N/N=C\c1cccc(O)c1. The lowest BCUT2D eigenvalue weighted by Gasteiger charge is -1.96. The van der Waals surface area contributed by atoms with Gasteiger partial charge in [-0.15, -0.1) is 0 Å². The fourth-order valence-electron chi connectivity index (χ4n) is 0.810. The molecule has 0 saturated heterocycles. The first-order valence-electron chi connectivity index (χ1n) is 3.88. The van der Waals surface area contributed by atoms with Gasteiger partial charge in [-0.2, -0.15) is 5.10 Å². The normalized spacial score (nSPS) is 10.1. The van der Waals surface area contributed by atoms with E-state index in [4.69, 9.17) is 5.11 Å². The van der Waals surface area contributed by atoms with Crippen molar-refractivity contribution >= 4 is 12.3 Å². The van der Waals surface area contributed by atoms with Crippen LogP contribution in [0.5, 0.6) is 5.75 Å². The molecule has 14 heavy (non-hydrogen) atoms. The first-order chi connectivity index (χ1) is 6.72. The third kappa shape index (κ3) is 3.14. The molecule has 5 nitrogen and oxygen atoms in total. The maximum atomic E-state index is 10.6. The molecule has 74 valence electrons. The fraction of sp³-hybridized carbons (Fsp3) is 0.111. The topological polar surface area (TPSA) is 70.9 Å². The van der Waals surface area contributed by atoms with E-state index in [1.165, 1.54) is 19.4 Å². The molecule has 0 fully saturated rings. The van der Waals surface area contributed by atoms with Gasteiger partial charge in [0.1, 0.15) is 5.75 Å². The maximum Gasteiger partial charge on any atom is 0.427 e. The molecule has 1 amide bonds. The van der Waals surface area contributed by atoms with Crippen LogP contribution in [-0.2, 0) is 4.74 Å². The lowest BCUT2D eigenvalue weighted by molar-refractivity contribution is 0.171. The number of phenolic OH excluding ortho intramolecular Hbond substituents is 1. The number of nitrogens with zero attached hydrogens (tertiary/aromatic N) is 1. The minimum atomic E-state index is -0.638. The zero-order chi connectivity index (χ0) is 10.4. The molecular formula is C9H10N2O3. The van der Waals surface area contributed by atoms with E-state index in [2.05, 4.69) is 15.3 Å². The molecule has 2 N–H and O–H groups in total. The minimum Gasteiger partial charge on any atom is -0.508 e. The Kier molecular flexibility index (Phi) is 3.49. The van der Waals surface area contributed by atoms with Crippen molar-refractivity contribution in [3.05, 3.63) is 29.8 Å². The van der Waals surface area contributed by atoms with Crippen LogP contribution in [0.2, 0.25) is 0 Å². The summed E-state index contributed by atoms with van der Waals surface area (Å²) < 4.78 is 4.30. The largest absolute Gasteiger partial charge is 0.508 e. The van der Waals surface area contributed by atoms with E-state index in [9.17, 15) is 4.79 Å². The highest BCUT2D eigenvalue weighted by molar-refractivity contribution is 5.81. The van der Waals surface area contributed by atoms with Gasteiger partial charge in [-0.3, -0.25) is 0 Å². The molecule has 1 aromatic carbocycles. The van der Waals surface area contributed by atoms with Crippen molar-refractivity contribution in [1.29, 1.82) is 0 Å². The van der Waals surface area contributed by atoms with Crippen LogP contribution in [0.3, 0.4) is 0 Å². The Labute approximate surface area is 81.0 Å². The second-order valence-corrected chi connectivity index (χ2v) is 2.46. The number of aromatic hydroxyl groups is 1. The standard InChI is InChI=1S/C9H10N2O3/c1-14-9(13)11-10-6-7-3-2-4-8(12)5-7/h2-6,12H,1H3,(H,11,13)/b10-6-. The monoisotopic (exact) mass is 194 g/mol. The molecule has 0 spiro atoms. The number of phenols is 1. The average Bonchev–Trinajstić information content (AvgIpc) is 2.17. The molecule has 0 saturated carbocycles. The second-order valence-electron chi connectivity index (χ2n) is 2.46. The Morgan fingerprint density at radius 2 is 2.43 bits per heavy atom. The molecule has 0 aliphatic carbocycles. The predicted molar refractivity (Wildman–Crippen MR) is 51.2 cm³/mol. The van der Waals surface area contributed by atoms with Crippen LogP contribution in [-0.4, -0.2) is 24.5 Å². The summed E-state index contributed by atoms with van der Waals surface area (Å²) in [6.07, 6.45) is 0.762. The van der Waals surface area contributed by atoms with E-state index in [0.29, 0.717) is 5.56 Å². The third-order valence-corrected chi connectivity index (χ3v) is 1.43. The second kappa shape index (κ2) is 4.86. The fourth-order valence-corrected chi connectivity index (χ4v) is 0.810. The van der Waals surface area contributed by atoms with Crippen LogP contribution in [0.15, 0.2) is 29.4 Å². The lowest BCUT2D eigenvalue weighted by Crippen LogP contribution is -2.16. The molecule has 0 aliphatic heterocycles. The van der Waals surface area contributed by atoms with Crippen molar-refractivity contribution in [2.45, 2.75) is 0 Å². The first kappa shape index (κ1) is 10.0. The summed E-state index contributed by atoms with van der Waals surface area (Å²) in [5.41, 5.74) is 2.81. The summed E-state index contributed by atoms with van der Waals surface area (Å²) in [6, 6.07) is 6.48. The summed E-state index contributed by atoms with van der Waals surface area (Å²) in [5.74, 6) is 0.145. The minimum absolute atomic E-state index is 0.145. The number of nitrogens with one attached hydrogen (secondary N) is 1. The van der Waals surface area contributed by atoms with Gasteiger partial charge in [0.05, 0.1) is 13.3 Å². The molecule has 5 heteroatoms. The van der Waals surface area contributed by atoms with E-state index < -0.39 is 6.09 Å². The van der Waals surface area contributed by atoms with Gasteiger partial charge >= 0.3 is 6.09 Å². The molecule has 0 atom stereocenters. The number of hydrazone groups is 1. The number of methoxy groups -OCH3 is 1. The van der Waals surface area contributed by atoms with E-state index in [1.54, 1.807) is 18.2 Å². The lowest BCUT2D eigenvalue weighted by atomic mass is 10.2. The average molecular weight is 194 g/mol. The van der Waals surface area contributed by atoms with Crippen molar-refractivity contribution < 1.29 is 14.6 Å². The molecule has 0 aromatic heterocycles. The number of ether oxygens (including phenoxy) is 1. The van der Waals surface area contributed by atoms with Gasteiger partial charge in [-0.1, -0.05) is 12.1 Å². The highest BCUT2D eigenvalue weighted by atomic mass is 16.5. The summed E-state index contributed by atoms with van der Waals surface area (Å²) >= 11 is 0. The van der Waals surface area contributed by atoms with Crippen molar-refractivity contribution in [2.75, 3.05) is 7.11 Å². The molecule has 1 aromatic rings. The van der Waals surface area contributed by atoms with Crippen LogP contribution in [0.1, 0.15) is 5.56 Å². The number of amides is 1. The summed E-state index contributed by atoms with van der Waals surface area (Å²) in [4.78, 5) is 10.6. The highest BCUT2D eigenvalue weighted by Crippen LogP contribution is 2.08. The van der Waals surface area contributed by atoms with E-state index in [-0.39, 0.29) is 5.75 Å². The Balaban J connectivity index is 2.56. The van der Waals surface area contributed by atoms with Crippen molar-refractivity contribution in [2.24, 2.45) is 5.10 Å². The molecule has 0 unspecified atom stereocenters. The van der Waals surface area contributed by atoms with E-state index >= 15 is 0 Å². The Hall–Kier alpha value is -2.04. The highest BCUT2D eigenvalue weighted by Gasteiger charge is 1.93. The molecule has 0 aliphatic rings. The number of carbonyl (C=O) groups is 1. The predicted octanol–water partition coefficient (Wildman–Crippen LogP) is 1.08. The van der Waals surface area contributed by atoms with Gasteiger partial charge in [-0.25, -0.2) is 10.2 Å². The van der Waals surface area contributed by atoms with Crippen molar-refractivity contribution in [3.8, 4) is 5.75 Å². The van der Waals surface area contributed by atoms with Crippen LogP contribution in [0.4, 0.5) is 4.79 Å². The quantitative estimate of drug-likeness (QED) is 0.546. The van der Waals surface area contributed by atoms with Crippen molar-refractivity contribution in [1.82, 2.24) is 5.43 Å². The number of hydrogen-bond acceptors (Lipinski definition) is 4. The Morgan fingerprint density at radius 1 is 1.64 bits per heavy atom. The summed E-state index contributed by atoms with van der Waals surface area (Å²) in [6.45, 7) is 0. The molecule has 0 heterocycles. The number of carbonyl (C=O) groups excluding carboxylic acids is 1. The van der Waals surface area contributed by atoms with Crippen LogP contribution in [0.25, 0.3) is 0 Å². The van der Waals surface area contributed by atoms with Crippen LogP contribution < -0.4 is 5.43 Å². The Bertz CT molecular complexity index is 350. The van der Waals surface area contributed by atoms with E-state index in [1.807, 2.05) is 0 Å². The summed E-state index contributed by atoms with van der Waals surface area (Å²) in [7, 11) is 1.25. The third-order valence-electron chi connectivity index (χ3n) is 1.43. The number of benzene rings is 1. The number of rotatable bonds is 2. The molecular weight excluding hydrogens is 184 g/mol. The van der Waals surface area contributed by atoms with Crippen LogP contribution >= 0.6 is 0 Å². The smallest absolute Gasteiger partial charge is 0.427 e. The van der Waals surface area contributed by atoms with Gasteiger partial charge in [0.2, 0.25) is 0 Å². The van der Waals surface area contributed by atoms with Crippen molar-refractivity contribution in [3.63, 3.8) is 0 Å². The zero-order valence-electron chi connectivity index (χ0n) is 7.60. The number of hydrogen-bond donors (Lipinski definition) is 2. The van der Waals surface area contributed by atoms with E-state index in [0.717, 1.165) is 0 Å². The summed E-state index contributed by atoms with van der Waals surface area (Å²) in [5, 5.41) is 12.7. The van der Waals surface area contributed by atoms with Gasteiger partial charge in [0.25, 0.3) is 0 Å². The first-order valence-corrected chi connectivity index (χ1v) is 3.88. The maximum absolute atomic E-state index is 10.6. The molecule has 0 bridgehead atoms.